The number of carbonyl (C=O) groups excluding carboxylic acids is 1. The number of thioether (sulfide) groups is 1. The normalized spacial score (nSPS) is 16.5. The van der Waals surface area contributed by atoms with E-state index in [0.717, 1.165) is 23.9 Å². The summed E-state index contributed by atoms with van der Waals surface area (Å²) in [6.07, 6.45) is -3.08. The van der Waals surface area contributed by atoms with Crippen LogP contribution in [0.4, 0.5) is 24.5 Å². The molecule has 0 atom stereocenters. The largest absolute Gasteiger partial charge is 0.456 e. The second kappa shape index (κ2) is 8.35. The van der Waals surface area contributed by atoms with Crippen molar-refractivity contribution >= 4 is 40.3 Å². The summed E-state index contributed by atoms with van der Waals surface area (Å²) in [7, 11) is 0. The van der Waals surface area contributed by atoms with Gasteiger partial charge in [-0.25, -0.2) is 4.99 Å². The van der Waals surface area contributed by atoms with Gasteiger partial charge < -0.3 is 9.73 Å². The Morgan fingerprint density at radius 1 is 1.09 bits per heavy atom. The van der Waals surface area contributed by atoms with Crippen LogP contribution in [0.2, 0.25) is 0 Å². The Bertz CT molecular complexity index is 1280. The average molecular weight is 459 g/mol. The molecule has 3 aromatic rings. The molecule has 0 aliphatic carbocycles. The average Bonchev–Trinajstić information content (AvgIpc) is 3.34. The number of nitrogens with one attached hydrogen (secondary N) is 1. The van der Waals surface area contributed by atoms with E-state index in [1.54, 1.807) is 24.3 Å². The van der Waals surface area contributed by atoms with Crippen LogP contribution in [-0.4, -0.2) is 16.0 Å². The van der Waals surface area contributed by atoms with Crippen LogP contribution in [-0.2, 0) is 11.0 Å². The Hall–Kier alpha value is -3.86. The van der Waals surface area contributed by atoms with Gasteiger partial charge in [0.2, 0.25) is 0 Å². The van der Waals surface area contributed by atoms with Crippen molar-refractivity contribution in [2.24, 2.45) is 4.99 Å². The summed E-state index contributed by atoms with van der Waals surface area (Å²) in [6, 6.07) is 13.6. The zero-order valence-electron chi connectivity index (χ0n) is 15.9. The molecular formula is C21H12F3N3O4S. The van der Waals surface area contributed by atoms with Crippen LogP contribution in [0.25, 0.3) is 17.4 Å². The van der Waals surface area contributed by atoms with Crippen molar-refractivity contribution < 1.29 is 27.3 Å². The zero-order chi connectivity index (χ0) is 22.9. The second-order valence-electron chi connectivity index (χ2n) is 6.51. The van der Waals surface area contributed by atoms with E-state index < -0.39 is 22.6 Å². The minimum absolute atomic E-state index is 0.0422. The number of furan rings is 1. The molecule has 1 aliphatic heterocycles. The van der Waals surface area contributed by atoms with Crippen molar-refractivity contribution in [3.63, 3.8) is 0 Å². The number of halogens is 3. The molecule has 1 fully saturated rings. The van der Waals surface area contributed by atoms with Crippen LogP contribution >= 0.6 is 11.8 Å². The van der Waals surface area contributed by atoms with Gasteiger partial charge in [0.15, 0.2) is 5.17 Å². The molecule has 32 heavy (non-hydrogen) atoms. The number of aliphatic imine (C=N–C) groups is 1. The van der Waals surface area contributed by atoms with E-state index in [4.69, 9.17) is 4.42 Å². The summed E-state index contributed by atoms with van der Waals surface area (Å²) < 4.78 is 44.2. The molecule has 1 aromatic heterocycles. The Kier molecular flexibility index (Phi) is 5.57. The molecule has 0 saturated carbocycles. The summed E-state index contributed by atoms with van der Waals surface area (Å²) in [5, 5.41) is 13.8. The number of nitrogens with zero attached hydrogens (tertiary/aromatic N) is 2. The summed E-state index contributed by atoms with van der Waals surface area (Å²) in [4.78, 5) is 27.2. The van der Waals surface area contributed by atoms with Crippen LogP contribution in [0, 0.1) is 10.1 Å². The number of amides is 1. The van der Waals surface area contributed by atoms with Crippen molar-refractivity contribution in [2.75, 3.05) is 0 Å². The van der Waals surface area contributed by atoms with E-state index in [0.29, 0.717) is 0 Å². The first-order valence-corrected chi connectivity index (χ1v) is 9.83. The maximum absolute atomic E-state index is 12.9. The standard InChI is InChI=1S/C21H12F3N3O4S/c22-21(23,24)12-4-3-5-13(10-12)25-20-26-19(28)18(32-20)11-14-8-9-17(31-14)15-6-1-2-7-16(15)27(29)30/h1-11H,(H,25,26,28)/b18-11+. The molecule has 7 nitrogen and oxygen atoms in total. The lowest BCUT2D eigenvalue weighted by atomic mass is 10.1. The Morgan fingerprint density at radius 3 is 2.62 bits per heavy atom. The maximum atomic E-state index is 12.9. The van der Waals surface area contributed by atoms with Gasteiger partial charge in [0.1, 0.15) is 11.5 Å². The SMILES string of the molecule is O=C1NC(=Nc2cccc(C(F)(F)F)c2)S/C1=C/c1ccc(-c2ccccc2[N+](=O)[O-])o1. The minimum atomic E-state index is -4.50. The maximum Gasteiger partial charge on any atom is 0.416 e. The van der Waals surface area contributed by atoms with Gasteiger partial charge in [-0.15, -0.1) is 0 Å². The number of amidine groups is 1. The molecule has 0 spiro atoms. The summed E-state index contributed by atoms with van der Waals surface area (Å²) in [5.74, 6) is 0.0332. The number of benzene rings is 2. The number of hydrogen-bond acceptors (Lipinski definition) is 6. The van der Waals surface area contributed by atoms with E-state index in [2.05, 4.69) is 10.3 Å². The van der Waals surface area contributed by atoms with Crippen molar-refractivity contribution in [2.45, 2.75) is 6.18 Å². The third-order valence-corrected chi connectivity index (χ3v) is 5.23. The van der Waals surface area contributed by atoms with Crippen LogP contribution in [0.1, 0.15) is 11.3 Å². The van der Waals surface area contributed by atoms with Gasteiger partial charge in [-0.1, -0.05) is 18.2 Å². The summed E-state index contributed by atoms with van der Waals surface area (Å²) >= 11 is 0.936. The third kappa shape index (κ3) is 4.57. The smallest absolute Gasteiger partial charge is 0.416 e. The van der Waals surface area contributed by atoms with Gasteiger partial charge in [0.25, 0.3) is 11.6 Å². The molecule has 1 aliphatic rings. The van der Waals surface area contributed by atoms with Gasteiger partial charge in [-0.3, -0.25) is 14.9 Å². The van der Waals surface area contributed by atoms with Gasteiger partial charge in [0, 0.05) is 12.1 Å². The lowest BCUT2D eigenvalue weighted by Gasteiger charge is -2.06. The predicted molar refractivity (Wildman–Crippen MR) is 113 cm³/mol. The number of alkyl halides is 3. The molecule has 1 amide bonds. The fraction of sp³-hybridized carbons (Fsp3) is 0.0476. The van der Waals surface area contributed by atoms with Crippen molar-refractivity contribution in [1.29, 1.82) is 0 Å². The zero-order valence-corrected chi connectivity index (χ0v) is 16.7. The van der Waals surface area contributed by atoms with E-state index in [1.165, 1.54) is 30.3 Å². The highest BCUT2D eigenvalue weighted by Gasteiger charge is 2.31. The highest BCUT2D eigenvalue weighted by atomic mass is 32.2. The van der Waals surface area contributed by atoms with Gasteiger partial charge in [0.05, 0.1) is 26.6 Å². The van der Waals surface area contributed by atoms with E-state index in [9.17, 15) is 28.1 Å². The molecule has 0 unspecified atom stereocenters. The first kappa shape index (κ1) is 21.4. The molecule has 0 bridgehead atoms. The van der Waals surface area contributed by atoms with Crippen LogP contribution < -0.4 is 5.32 Å². The Morgan fingerprint density at radius 2 is 1.88 bits per heavy atom. The Balaban J connectivity index is 1.57. The van der Waals surface area contributed by atoms with E-state index >= 15 is 0 Å². The minimum Gasteiger partial charge on any atom is -0.456 e. The summed E-state index contributed by atoms with van der Waals surface area (Å²) in [6.45, 7) is 0. The lowest BCUT2D eigenvalue weighted by molar-refractivity contribution is -0.384. The highest BCUT2D eigenvalue weighted by Crippen LogP contribution is 2.34. The molecule has 11 heteroatoms. The molecule has 2 aromatic carbocycles. The van der Waals surface area contributed by atoms with Crippen molar-refractivity contribution in [1.82, 2.24) is 5.32 Å². The van der Waals surface area contributed by atoms with Crippen LogP contribution in [0.3, 0.4) is 0 Å². The molecule has 162 valence electrons. The fourth-order valence-electron chi connectivity index (χ4n) is 2.90. The van der Waals surface area contributed by atoms with Crippen LogP contribution in [0.5, 0.6) is 0 Å². The second-order valence-corrected chi connectivity index (χ2v) is 7.54. The van der Waals surface area contributed by atoms with E-state index in [1.807, 2.05) is 0 Å². The number of rotatable bonds is 4. The number of para-hydroxylation sites is 1. The molecule has 2 heterocycles. The molecular weight excluding hydrogens is 447 g/mol. The third-order valence-electron chi connectivity index (χ3n) is 4.32. The fourth-order valence-corrected chi connectivity index (χ4v) is 3.72. The lowest BCUT2D eigenvalue weighted by Crippen LogP contribution is -2.19. The number of nitro benzene ring substituents is 1. The molecule has 1 N–H and O–H groups in total. The first-order valence-electron chi connectivity index (χ1n) is 9.01. The first-order chi connectivity index (χ1) is 15.2. The van der Waals surface area contributed by atoms with Crippen LogP contribution in [0.15, 0.2) is 75.0 Å². The van der Waals surface area contributed by atoms with E-state index in [-0.39, 0.29) is 38.5 Å². The van der Waals surface area contributed by atoms with Gasteiger partial charge in [-0.2, -0.15) is 13.2 Å². The highest BCUT2D eigenvalue weighted by molar-refractivity contribution is 8.18. The molecule has 4 rings (SSSR count). The topological polar surface area (TPSA) is 97.7 Å². The monoisotopic (exact) mass is 459 g/mol. The van der Waals surface area contributed by atoms with Crippen molar-refractivity contribution in [3.8, 4) is 11.3 Å². The van der Waals surface area contributed by atoms with Crippen molar-refractivity contribution in [3.05, 3.63) is 87.0 Å². The summed E-state index contributed by atoms with van der Waals surface area (Å²) in [5.41, 5.74) is -0.634. The Labute approximate surface area is 182 Å². The number of nitro groups is 1. The number of hydrogen-bond donors (Lipinski definition) is 1. The molecule has 0 radical (unpaired) electrons. The van der Waals surface area contributed by atoms with Gasteiger partial charge >= 0.3 is 6.18 Å². The number of carbonyl (C=O) groups is 1. The van der Waals surface area contributed by atoms with Gasteiger partial charge in [-0.05, 0) is 48.2 Å². The quantitative estimate of drug-likeness (QED) is 0.304. The predicted octanol–water partition coefficient (Wildman–Crippen LogP) is 5.77. The molecule has 1 saturated heterocycles.